The number of hydrogen-bond donors (Lipinski definition) is 2. The van der Waals surface area contributed by atoms with Gasteiger partial charge in [0, 0.05) is 11.4 Å². The second-order valence-corrected chi connectivity index (χ2v) is 8.81. The highest BCUT2D eigenvalue weighted by Crippen LogP contribution is 2.27. The van der Waals surface area contributed by atoms with E-state index in [2.05, 4.69) is 0 Å². The number of aromatic nitrogens is 2. The molecule has 4 N–H and O–H groups in total. The third-order valence-corrected chi connectivity index (χ3v) is 6.60. The zero-order chi connectivity index (χ0) is 17.9. The number of rotatable bonds is 7. The number of aryl methyl sites for hydroxylation is 2. The van der Waals surface area contributed by atoms with Crippen molar-refractivity contribution in [3.8, 4) is 0 Å². The molecule has 2 heterocycles. The van der Waals surface area contributed by atoms with Crippen molar-refractivity contribution in [1.82, 2.24) is 9.97 Å². The molecule has 4 aromatic rings. The van der Waals surface area contributed by atoms with E-state index in [0.29, 0.717) is 0 Å². The number of hydrogen-bond acceptors (Lipinski definition) is 6. The maximum Gasteiger partial charge on any atom is 0.0938 e. The van der Waals surface area contributed by atoms with Gasteiger partial charge in [-0.15, -0.1) is 22.7 Å². The molecule has 0 amide bonds. The summed E-state index contributed by atoms with van der Waals surface area (Å²) in [6.45, 7) is 0. The van der Waals surface area contributed by atoms with Gasteiger partial charge in [0.1, 0.15) is 0 Å². The Morgan fingerprint density at radius 1 is 0.654 bits per heavy atom. The smallest absolute Gasteiger partial charge is 0.0938 e. The van der Waals surface area contributed by atoms with Crippen LogP contribution in [0.3, 0.4) is 0 Å². The molecule has 4 nitrogen and oxygen atoms in total. The van der Waals surface area contributed by atoms with E-state index in [-0.39, 0.29) is 0 Å². The average Bonchev–Trinajstić information content (AvgIpc) is 3.20. The van der Waals surface area contributed by atoms with Crippen LogP contribution in [0, 0.1) is 0 Å². The molecule has 0 saturated carbocycles. The first kappa shape index (κ1) is 17.2. The number of fused-ring (bicyclic) bond motifs is 2. The molecule has 0 aliphatic carbocycles. The van der Waals surface area contributed by atoms with Crippen LogP contribution >= 0.6 is 22.7 Å². The molecule has 0 bridgehead atoms. The summed E-state index contributed by atoms with van der Waals surface area (Å²) in [5, 5.41) is 2.43. The molecule has 0 aliphatic rings. The third kappa shape index (κ3) is 3.97. The second-order valence-electron chi connectivity index (χ2n) is 6.58. The Hall–Kier alpha value is -2.18. The average molecular weight is 383 g/mol. The van der Waals surface area contributed by atoms with Crippen molar-refractivity contribution in [2.75, 3.05) is 11.5 Å². The maximum absolute atomic E-state index is 5.84. The number of nitrogens with zero attached hydrogens (tertiary/aromatic N) is 2. The fourth-order valence-electron chi connectivity index (χ4n) is 3.10. The van der Waals surface area contributed by atoms with Gasteiger partial charge >= 0.3 is 0 Å². The summed E-state index contributed by atoms with van der Waals surface area (Å²) < 4.78 is 2.38. The third-order valence-electron chi connectivity index (χ3n) is 4.44. The van der Waals surface area contributed by atoms with Crippen LogP contribution in [-0.4, -0.2) is 9.97 Å². The van der Waals surface area contributed by atoms with Gasteiger partial charge in [-0.05, 0) is 62.1 Å². The van der Waals surface area contributed by atoms with E-state index in [0.717, 1.165) is 35.2 Å². The minimum atomic E-state index is 0.810. The Bertz CT molecular complexity index is 951. The van der Waals surface area contributed by atoms with Crippen LogP contribution in [0.25, 0.3) is 20.4 Å². The van der Waals surface area contributed by atoms with Crippen LogP contribution in [-0.2, 0) is 12.8 Å². The predicted molar refractivity (Wildman–Crippen MR) is 114 cm³/mol. The lowest BCUT2D eigenvalue weighted by molar-refractivity contribution is 0.639. The predicted octanol–water partition coefficient (Wildman–Crippen LogP) is 5.42. The summed E-state index contributed by atoms with van der Waals surface area (Å²) in [4.78, 5) is 9.39. The number of thiazole rings is 2. The fourth-order valence-corrected chi connectivity index (χ4v) is 5.21. The van der Waals surface area contributed by atoms with Crippen molar-refractivity contribution in [2.45, 2.75) is 38.5 Å². The van der Waals surface area contributed by atoms with E-state index < -0.39 is 0 Å². The molecular weight excluding hydrogens is 360 g/mol. The molecular formula is C20H22N4S2. The molecule has 0 spiro atoms. The zero-order valence-electron chi connectivity index (χ0n) is 14.6. The monoisotopic (exact) mass is 382 g/mol. The van der Waals surface area contributed by atoms with E-state index in [1.54, 1.807) is 22.7 Å². The van der Waals surface area contributed by atoms with Crippen LogP contribution in [0.15, 0.2) is 36.4 Å². The van der Waals surface area contributed by atoms with Crippen molar-refractivity contribution in [3.63, 3.8) is 0 Å². The molecule has 134 valence electrons. The number of anilines is 2. The summed E-state index contributed by atoms with van der Waals surface area (Å²) in [6.07, 6.45) is 6.95. The molecule has 0 unspecified atom stereocenters. The number of unbranched alkanes of at least 4 members (excludes halogenated alkanes) is 3. The number of nitrogen functional groups attached to an aromatic ring is 2. The summed E-state index contributed by atoms with van der Waals surface area (Å²) in [5.41, 5.74) is 15.4. The molecule has 0 fully saturated rings. The van der Waals surface area contributed by atoms with Crippen LogP contribution in [0.1, 0.15) is 35.7 Å². The Kier molecular flexibility index (Phi) is 5.04. The Labute approximate surface area is 160 Å². The van der Waals surface area contributed by atoms with Crippen molar-refractivity contribution in [2.24, 2.45) is 0 Å². The van der Waals surface area contributed by atoms with Gasteiger partial charge in [-0.3, -0.25) is 0 Å². The quantitative estimate of drug-likeness (QED) is 0.331. The highest BCUT2D eigenvalue weighted by Gasteiger charge is 2.06. The molecule has 0 radical (unpaired) electrons. The van der Waals surface area contributed by atoms with Crippen LogP contribution in [0.2, 0.25) is 0 Å². The first-order valence-electron chi connectivity index (χ1n) is 8.97. The summed E-state index contributed by atoms with van der Waals surface area (Å²) in [5.74, 6) is 0. The lowest BCUT2D eigenvalue weighted by Gasteiger charge is -1.98. The zero-order valence-corrected chi connectivity index (χ0v) is 16.2. The number of benzene rings is 2. The highest BCUT2D eigenvalue weighted by atomic mass is 32.1. The highest BCUT2D eigenvalue weighted by molar-refractivity contribution is 7.18. The van der Waals surface area contributed by atoms with E-state index >= 15 is 0 Å². The van der Waals surface area contributed by atoms with Crippen LogP contribution < -0.4 is 11.5 Å². The van der Waals surface area contributed by atoms with E-state index in [1.165, 1.54) is 45.1 Å². The summed E-state index contributed by atoms with van der Waals surface area (Å²) in [7, 11) is 0. The summed E-state index contributed by atoms with van der Waals surface area (Å²) >= 11 is 3.53. The fraction of sp³-hybridized carbons (Fsp3) is 0.300. The lowest BCUT2D eigenvalue weighted by atomic mass is 10.1. The van der Waals surface area contributed by atoms with Gasteiger partial charge in [-0.1, -0.05) is 12.8 Å². The molecule has 0 aliphatic heterocycles. The maximum atomic E-state index is 5.84. The van der Waals surface area contributed by atoms with Gasteiger partial charge in [0.2, 0.25) is 0 Å². The van der Waals surface area contributed by atoms with Crippen molar-refractivity contribution >= 4 is 54.5 Å². The standard InChI is InChI=1S/C20H22N4S2/c21-13-7-9-15-17(11-13)25-19(23-15)5-3-1-2-4-6-20-24-16-10-8-14(22)12-18(16)26-20/h7-12H,1-6,21-22H2. The second kappa shape index (κ2) is 7.60. The molecule has 26 heavy (non-hydrogen) atoms. The minimum absolute atomic E-state index is 0.810. The molecule has 0 saturated heterocycles. The van der Waals surface area contributed by atoms with Gasteiger partial charge in [0.25, 0.3) is 0 Å². The van der Waals surface area contributed by atoms with Gasteiger partial charge in [-0.25, -0.2) is 9.97 Å². The Morgan fingerprint density at radius 3 is 1.58 bits per heavy atom. The summed E-state index contributed by atoms with van der Waals surface area (Å²) in [6, 6.07) is 11.9. The van der Waals surface area contributed by atoms with E-state index in [9.17, 15) is 0 Å². The molecule has 6 heteroatoms. The first-order chi connectivity index (χ1) is 12.7. The van der Waals surface area contributed by atoms with Crippen LogP contribution in [0.4, 0.5) is 11.4 Å². The number of nitrogens with two attached hydrogens (primary N) is 2. The molecule has 2 aromatic carbocycles. The van der Waals surface area contributed by atoms with Gasteiger partial charge in [0.05, 0.1) is 30.4 Å². The lowest BCUT2D eigenvalue weighted by Crippen LogP contribution is -1.87. The first-order valence-corrected chi connectivity index (χ1v) is 10.6. The molecule has 2 aromatic heterocycles. The van der Waals surface area contributed by atoms with Gasteiger partial charge < -0.3 is 11.5 Å². The SMILES string of the molecule is Nc1ccc2nc(CCCCCCc3nc4ccc(N)cc4s3)sc2c1. The van der Waals surface area contributed by atoms with Crippen molar-refractivity contribution in [3.05, 3.63) is 46.4 Å². The van der Waals surface area contributed by atoms with Gasteiger partial charge in [0.15, 0.2) is 0 Å². The molecule has 4 rings (SSSR count). The van der Waals surface area contributed by atoms with E-state index in [4.69, 9.17) is 21.4 Å². The largest absolute Gasteiger partial charge is 0.399 e. The normalized spacial score (nSPS) is 11.5. The minimum Gasteiger partial charge on any atom is -0.399 e. The van der Waals surface area contributed by atoms with Crippen LogP contribution in [0.5, 0.6) is 0 Å². The van der Waals surface area contributed by atoms with Crippen molar-refractivity contribution in [1.29, 1.82) is 0 Å². The Morgan fingerprint density at radius 2 is 1.12 bits per heavy atom. The molecule has 0 atom stereocenters. The van der Waals surface area contributed by atoms with E-state index in [1.807, 2.05) is 36.4 Å². The van der Waals surface area contributed by atoms with Crippen molar-refractivity contribution < 1.29 is 0 Å². The van der Waals surface area contributed by atoms with Gasteiger partial charge in [-0.2, -0.15) is 0 Å². The topological polar surface area (TPSA) is 77.8 Å². The Balaban J connectivity index is 1.22.